The van der Waals surface area contributed by atoms with Crippen LogP contribution in [0.4, 0.5) is 5.69 Å². The number of rotatable bonds is 7. The lowest BCUT2D eigenvalue weighted by atomic mass is 10.3. The van der Waals surface area contributed by atoms with Gasteiger partial charge in [-0.25, -0.2) is 16.0 Å². The highest BCUT2D eigenvalue weighted by molar-refractivity contribution is 6.33. The molecule has 0 saturated heterocycles. The fraction of sp³-hybridized carbons (Fsp3) is 0.400. The van der Waals surface area contributed by atoms with E-state index in [1.807, 2.05) is 18.2 Å². The average Bonchev–Trinajstić information content (AvgIpc) is 2.31. The first-order chi connectivity index (χ1) is 7.79. The molecule has 0 fully saturated rings. The van der Waals surface area contributed by atoms with Crippen molar-refractivity contribution in [2.24, 2.45) is 0 Å². The van der Waals surface area contributed by atoms with E-state index in [-0.39, 0.29) is 13.2 Å². The molecule has 0 aliphatic carbocycles. The summed E-state index contributed by atoms with van der Waals surface area (Å²) in [6.07, 6.45) is 0. The van der Waals surface area contributed by atoms with Crippen LogP contribution < -0.4 is 16.0 Å². The van der Waals surface area contributed by atoms with Crippen molar-refractivity contribution < 1.29 is 10.2 Å². The number of hydrogen-bond acceptors (Lipinski definition) is 5. The van der Waals surface area contributed by atoms with Crippen molar-refractivity contribution >= 4 is 17.3 Å². The predicted octanol–water partition coefficient (Wildman–Crippen LogP) is 0.140. The van der Waals surface area contributed by atoms with Crippen LogP contribution in [0.15, 0.2) is 24.3 Å². The molecule has 1 aromatic rings. The number of aliphatic hydroxyl groups is 2. The minimum absolute atomic E-state index is 0.0156. The molecule has 0 radical (unpaired) electrons. The first-order valence-corrected chi connectivity index (χ1v) is 5.40. The second-order valence-electron chi connectivity index (χ2n) is 3.05. The van der Waals surface area contributed by atoms with Gasteiger partial charge < -0.3 is 10.2 Å². The summed E-state index contributed by atoms with van der Waals surface area (Å²) in [6.45, 7) is 0.816. The van der Waals surface area contributed by atoms with Gasteiger partial charge in [-0.2, -0.15) is 0 Å². The minimum atomic E-state index is 0.0156. The van der Waals surface area contributed by atoms with Gasteiger partial charge in [0.2, 0.25) is 0 Å². The van der Waals surface area contributed by atoms with Crippen LogP contribution in [0.25, 0.3) is 0 Å². The monoisotopic (exact) mass is 245 g/mol. The standard InChI is InChI=1S/C10H16ClN3O2/c11-9-3-1-2-4-10(9)14(12-5-7-15)13-6-8-16/h1-4,12-13,15-16H,5-8H2. The molecular formula is C10H16ClN3O2. The van der Waals surface area contributed by atoms with Crippen molar-refractivity contribution in [3.8, 4) is 0 Å². The Balaban J connectivity index is 2.70. The van der Waals surface area contributed by atoms with Gasteiger partial charge in [-0.3, -0.25) is 0 Å². The highest BCUT2D eigenvalue weighted by Gasteiger charge is 2.08. The van der Waals surface area contributed by atoms with E-state index in [0.29, 0.717) is 18.1 Å². The first-order valence-electron chi connectivity index (χ1n) is 5.03. The number of para-hydroxylation sites is 1. The van der Waals surface area contributed by atoms with Crippen LogP contribution >= 0.6 is 11.6 Å². The molecule has 1 aromatic carbocycles. The maximum atomic E-state index is 8.76. The molecule has 1 rings (SSSR count). The molecule has 0 aliphatic rings. The van der Waals surface area contributed by atoms with E-state index < -0.39 is 0 Å². The number of halogens is 1. The summed E-state index contributed by atoms with van der Waals surface area (Å²) < 4.78 is 0. The highest BCUT2D eigenvalue weighted by atomic mass is 35.5. The van der Waals surface area contributed by atoms with Gasteiger partial charge in [0.15, 0.2) is 0 Å². The van der Waals surface area contributed by atoms with E-state index in [2.05, 4.69) is 10.9 Å². The summed E-state index contributed by atoms with van der Waals surface area (Å²) in [5.74, 6) is 0. The van der Waals surface area contributed by atoms with Gasteiger partial charge in [0, 0.05) is 13.1 Å². The zero-order valence-corrected chi connectivity index (χ0v) is 9.61. The number of benzene rings is 1. The average molecular weight is 246 g/mol. The van der Waals surface area contributed by atoms with E-state index in [4.69, 9.17) is 21.8 Å². The Morgan fingerprint density at radius 1 is 1.06 bits per heavy atom. The molecule has 6 heteroatoms. The van der Waals surface area contributed by atoms with Gasteiger partial charge in [-0.1, -0.05) is 23.7 Å². The van der Waals surface area contributed by atoms with Crippen LogP contribution in [0.3, 0.4) is 0 Å². The van der Waals surface area contributed by atoms with Crippen molar-refractivity contribution in [2.75, 3.05) is 31.4 Å². The molecule has 0 heterocycles. The van der Waals surface area contributed by atoms with Crippen molar-refractivity contribution in [3.63, 3.8) is 0 Å². The highest BCUT2D eigenvalue weighted by Crippen LogP contribution is 2.22. The molecule has 0 aliphatic heterocycles. The number of nitrogens with zero attached hydrogens (tertiary/aromatic N) is 1. The fourth-order valence-corrected chi connectivity index (χ4v) is 1.40. The molecule has 0 unspecified atom stereocenters. The molecule has 4 N–H and O–H groups in total. The third-order valence-electron chi connectivity index (χ3n) is 1.86. The predicted molar refractivity (Wildman–Crippen MR) is 64.1 cm³/mol. The van der Waals surface area contributed by atoms with Crippen molar-refractivity contribution in [1.82, 2.24) is 10.9 Å². The summed E-state index contributed by atoms with van der Waals surface area (Å²) in [5.41, 5.74) is 6.62. The molecule has 90 valence electrons. The van der Waals surface area contributed by atoms with Crippen LogP contribution in [-0.2, 0) is 0 Å². The lowest BCUT2D eigenvalue weighted by Gasteiger charge is -2.26. The van der Waals surface area contributed by atoms with Crippen LogP contribution in [0.1, 0.15) is 0 Å². The van der Waals surface area contributed by atoms with Crippen LogP contribution in [-0.4, -0.2) is 36.5 Å². The number of nitrogens with one attached hydrogen (secondary N) is 2. The number of anilines is 1. The van der Waals surface area contributed by atoms with Gasteiger partial charge in [0.1, 0.15) is 0 Å². The molecule has 5 nitrogen and oxygen atoms in total. The van der Waals surface area contributed by atoms with Crippen LogP contribution in [0.2, 0.25) is 5.02 Å². The summed E-state index contributed by atoms with van der Waals surface area (Å²) in [6, 6.07) is 7.29. The topological polar surface area (TPSA) is 67.8 Å². The van der Waals surface area contributed by atoms with E-state index >= 15 is 0 Å². The summed E-state index contributed by atoms with van der Waals surface area (Å²) in [4.78, 5) is 0. The second-order valence-corrected chi connectivity index (χ2v) is 3.46. The maximum Gasteiger partial charge on any atom is 0.0888 e. The van der Waals surface area contributed by atoms with Crippen LogP contribution in [0, 0.1) is 0 Å². The van der Waals surface area contributed by atoms with Crippen molar-refractivity contribution in [3.05, 3.63) is 29.3 Å². The Morgan fingerprint density at radius 2 is 1.62 bits per heavy atom. The molecule has 0 saturated carbocycles. The lowest BCUT2D eigenvalue weighted by molar-refractivity contribution is 0.272. The van der Waals surface area contributed by atoms with Gasteiger partial charge >= 0.3 is 0 Å². The normalized spacial score (nSPS) is 10.4. The Morgan fingerprint density at radius 3 is 2.12 bits per heavy atom. The smallest absolute Gasteiger partial charge is 0.0888 e. The van der Waals surface area contributed by atoms with Crippen LogP contribution in [0.5, 0.6) is 0 Å². The summed E-state index contributed by atoms with van der Waals surface area (Å²) >= 11 is 6.03. The Labute approximate surface area is 99.6 Å². The third kappa shape index (κ3) is 3.96. The Kier molecular flexibility index (Phi) is 6.14. The van der Waals surface area contributed by atoms with E-state index in [0.717, 1.165) is 5.69 Å². The molecule has 0 spiro atoms. The number of aliphatic hydroxyl groups excluding tert-OH is 2. The molecule has 0 bridgehead atoms. The quantitative estimate of drug-likeness (QED) is 0.515. The zero-order chi connectivity index (χ0) is 11.8. The maximum absolute atomic E-state index is 8.76. The number of hydrazine groups is 2. The first kappa shape index (κ1) is 13.2. The lowest BCUT2D eigenvalue weighted by Crippen LogP contribution is -2.50. The second kappa shape index (κ2) is 7.43. The summed E-state index contributed by atoms with van der Waals surface area (Å²) in [5, 5.41) is 19.7. The molecule has 0 amide bonds. The largest absolute Gasteiger partial charge is 0.395 e. The van der Waals surface area contributed by atoms with Gasteiger partial charge in [-0.05, 0) is 12.1 Å². The molecule has 0 aromatic heterocycles. The molecule has 16 heavy (non-hydrogen) atoms. The SMILES string of the molecule is OCCNN(NCCO)c1ccccc1Cl. The fourth-order valence-electron chi connectivity index (χ4n) is 1.18. The zero-order valence-electron chi connectivity index (χ0n) is 8.86. The van der Waals surface area contributed by atoms with E-state index in [1.165, 1.54) is 0 Å². The van der Waals surface area contributed by atoms with Crippen molar-refractivity contribution in [1.29, 1.82) is 0 Å². The van der Waals surface area contributed by atoms with Gasteiger partial charge in [0.05, 0.1) is 23.9 Å². The molecular weight excluding hydrogens is 230 g/mol. The van der Waals surface area contributed by atoms with E-state index in [1.54, 1.807) is 11.2 Å². The Bertz CT molecular complexity index is 304. The van der Waals surface area contributed by atoms with Gasteiger partial charge in [0.25, 0.3) is 0 Å². The van der Waals surface area contributed by atoms with Crippen molar-refractivity contribution in [2.45, 2.75) is 0 Å². The number of hydrogen-bond donors (Lipinski definition) is 4. The third-order valence-corrected chi connectivity index (χ3v) is 2.18. The minimum Gasteiger partial charge on any atom is -0.395 e. The Hall–Kier alpha value is -0.850. The van der Waals surface area contributed by atoms with Gasteiger partial charge in [-0.15, -0.1) is 0 Å². The summed E-state index contributed by atoms with van der Waals surface area (Å²) in [7, 11) is 0. The molecule has 0 atom stereocenters. The van der Waals surface area contributed by atoms with E-state index in [9.17, 15) is 0 Å².